The summed E-state index contributed by atoms with van der Waals surface area (Å²) in [6, 6.07) is 2.14. The van der Waals surface area contributed by atoms with E-state index in [9.17, 15) is 9.59 Å². The third-order valence-electron chi connectivity index (χ3n) is 8.07. The van der Waals surface area contributed by atoms with Crippen LogP contribution in [0.4, 0.5) is 0 Å². The predicted molar refractivity (Wildman–Crippen MR) is 119 cm³/mol. The van der Waals surface area contributed by atoms with E-state index in [4.69, 9.17) is 25.8 Å². The lowest BCUT2D eigenvalue weighted by Crippen LogP contribution is -2.47. The maximum atomic E-state index is 12.1. The SMILES string of the molecule is COC(=O)c1cc(Cl)c2c(c1C)OC(C)([C@H]1CC[C@@H](N3CCC4(CNC(=O)C4)C3)CC1)O2. The molecule has 32 heavy (non-hydrogen) atoms. The van der Waals surface area contributed by atoms with Gasteiger partial charge in [0.25, 0.3) is 5.79 Å². The van der Waals surface area contributed by atoms with E-state index >= 15 is 0 Å². The highest BCUT2D eigenvalue weighted by Gasteiger charge is 2.50. The number of amides is 1. The Morgan fingerprint density at radius 3 is 2.62 bits per heavy atom. The molecular weight excluding hydrogens is 432 g/mol. The van der Waals surface area contributed by atoms with E-state index in [0.29, 0.717) is 40.1 Å². The lowest BCUT2D eigenvalue weighted by atomic mass is 9.80. The van der Waals surface area contributed by atoms with Crippen LogP contribution in [-0.4, -0.2) is 55.3 Å². The summed E-state index contributed by atoms with van der Waals surface area (Å²) >= 11 is 6.44. The van der Waals surface area contributed by atoms with Gasteiger partial charge in [0, 0.05) is 49.4 Å². The molecule has 1 amide bonds. The van der Waals surface area contributed by atoms with Crippen LogP contribution in [0, 0.1) is 18.3 Å². The zero-order valence-corrected chi connectivity index (χ0v) is 19.7. The van der Waals surface area contributed by atoms with E-state index in [2.05, 4.69) is 10.2 Å². The zero-order chi connectivity index (χ0) is 22.7. The first-order valence-corrected chi connectivity index (χ1v) is 11.9. The molecule has 1 aromatic carbocycles. The standard InChI is InChI=1S/C24H31ClN2O5/c1-14-17(22(29)30-3)10-18(25)21-20(14)31-23(2,32-21)15-4-6-16(7-5-15)27-9-8-24(13-27)11-19(28)26-12-24/h10,15-16H,4-9,11-13H2,1-3H3,(H,26,28)/t15-,16+,23?,24?. The Morgan fingerprint density at radius 1 is 1.25 bits per heavy atom. The van der Waals surface area contributed by atoms with Gasteiger partial charge in [0.1, 0.15) is 0 Å². The topological polar surface area (TPSA) is 77.1 Å². The monoisotopic (exact) mass is 462 g/mol. The molecule has 0 radical (unpaired) electrons. The first kappa shape index (κ1) is 21.8. The summed E-state index contributed by atoms with van der Waals surface area (Å²) < 4.78 is 17.5. The van der Waals surface area contributed by atoms with Crippen molar-refractivity contribution in [3.8, 4) is 11.5 Å². The number of ether oxygens (including phenoxy) is 3. The molecular formula is C24H31ClN2O5. The predicted octanol–water partition coefficient (Wildman–Crippen LogP) is 3.69. The molecule has 1 saturated carbocycles. The lowest BCUT2D eigenvalue weighted by molar-refractivity contribution is -0.124. The Morgan fingerprint density at radius 2 is 1.97 bits per heavy atom. The third-order valence-corrected chi connectivity index (χ3v) is 8.35. The summed E-state index contributed by atoms with van der Waals surface area (Å²) in [5.41, 5.74) is 1.23. The molecule has 4 aliphatic rings. The second kappa shape index (κ2) is 7.80. The largest absolute Gasteiger partial charge is 0.465 e. The highest BCUT2D eigenvalue weighted by molar-refractivity contribution is 6.32. The fourth-order valence-electron chi connectivity index (χ4n) is 6.12. The normalized spacial score (nSPS) is 34.2. The summed E-state index contributed by atoms with van der Waals surface area (Å²) in [7, 11) is 1.35. The summed E-state index contributed by atoms with van der Waals surface area (Å²) in [5, 5.41) is 3.39. The Kier molecular flexibility index (Phi) is 5.32. The van der Waals surface area contributed by atoms with Crippen molar-refractivity contribution >= 4 is 23.5 Å². The molecule has 1 N–H and O–H groups in total. The van der Waals surface area contributed by atoms with E-state index < -0.39 is 11.8 Å². The van der Waals surface area contributed by atoms with Gasteiger partial charge in [-0.05, 0) is 51.6 Å². The number of halogens is 1. The molecule has 1 aliphatic carbocycles. The summed E-state index contributed by atoms with van der Waals surface area (Å²) in [6.45, 7) is 6.72. The van der Waals surface area contributed by atoms with Gasteiger partial charge in [0.2, 0.25) is 5.91 Å². The van der Waals surface area contributed by atoms with Gasteiger partial charge in [-0.2, -0.15) is 0 Å². The molecule has 1 aromatic rings. The van der Waals surface area contributed by atoms with Crippen molar-refractivity contribution in [1.29, 1.82) is 0 Å². The third kappa shape index (κ3) is 3.54. The minimum atomic E-state index is -0.801. The average molecular weight is 463 g/mol. The van der Waals surface area contributed by atoms with Gasteiger partial charge in [-0.1, -0.05) is 11.6 Å². The average Bonchev–Trinajstić information content (AvgIpc) is 3.48. The minimum absolute atomic E-state index is 0.144. The van der Waals surface area contributed by atoms with Crippen molar-refractivity contribution in [1.82, 2.24) is 10.2 Å². The van der Waals surface area contributed by atoms with E-state index in [1.807, 2.05) is 13.8 Å². The van der Waals surface area contributed by atoms with Crippen LogP contribution in [0.3, 0.4) is 0 Å². The van der Waals surface area contributed by atoms with E-state index in [-0.39, 0.29) is 17.2 Å². The van der Waals surface area contributed by atoms with Gasteiger partial charge < -0.3 is 19.5 Å². The van der Waals surface area contributed by atoms with Crippen LogP contribution in [0.2, 0.25) is 5.02 Å². The first-order valence-electron chi connectivity index (χ1n) is 11.5. The van der Waals surface area contributed by atoms with Crippen molar-refractivity contribution in [3.05, 3.63) is 22.2 Å². The van der Waals surface area contributed by atoms with Crippen LogP contribution in [0.1, 0.15) is 61.4 Å². The number of carbonyl (C=O) groups is 2. The van der Waals surface area contributed by atoms with E-state index in [0.717, 1.165) is 51.7 Å². The molecule has 3 aliphatic heterocycles. The number of hydrogen-bond acceptors (Lipinski definition) is 6. The number of carbonyl (C=O) groups excluding carboxylic acids is 2. The second-order valence-electron chi connectivity index (χ2n) is 10.1. The zero-order valence-electron chi connectivity index (χ0n) is 19.0. The van der Waals surface area contributed by atoms with Gasteiger partial charge in [-0.25, -0.2) is 4.79 Å². The molecule has 5 rings (SSSR count). The highest BCUT2D eigenvalue weighted by Crippen LogP contribution is 2.52. The van der Waals surface area contributed by atoms with Crippen LogP contribution in [0.25, 0.3) is 0 Å². The van der Waals surface area contributed by atoms with Crippen molar-refractivity contribution in [2.75, 3.05) is 26.7 Å². The quantitative estimate of drug-likeness (QED) is 0.690. The van der Waals surface area contributed by atoms with Gasteiger partial charge in [-0.3, -0.25) is 9.69 Å². The maximum absolute atomic E-state index is 12.1. The maximum Gasteiger partial charge on any atom is 0.338 e. The number of esters is 1. The number of rotatable bonds is 3. The van der Waals surface area contributed by atoms with Crippen LogP contribution >= 0.6 is 11.6 Å². The van der Waals surface area contributed by atoms with Crippen molar-refractivity contribution in [2.45, 2.75) is 64.2 Å². The number of benzene rings is 1. The van der Waals surface area contributed by atoms with Gasteiger partial charge in [0.15, 0.2) is 11.5 Å². The fourth-order valence-corrected chi connectivity index (χ4v) is 6.35. The van der Waals surface area contributed by atoms with Crippen LogP contribution < -0.4 is 14.8 Å². The van der Waals surface area contributed by atoms with Crippen LogP contribution in [-0.2, 0) is 9.53 Å². The molecule has 7 nitrogen and oxygen atoms in total. The molecule has 2 saturated heterocycles. The summed E-state index contributed by atoms with van der Waals surface area (Å²) in [4.78, 5) is 26.4. The van der Waals surface area contributed by atoms with Crippen molar-refractivity contribution in [3.63, 3.8) is 0 Å². The Labute approximate surface area is 193 Å². The second-order valence-corrected chi connectivity index (χ2v) is 10.5. The highest BCUT2D eigenvalue weighted by atomic mass is 35.5. The van der Waals surface area contributed by atoms with Crippen LogP contribution in [0.15, 0.2) is 6.07 Å². The number of nitrogens with zero attached hydrogens (tertiary/aromatic N) is 1. The molecule has 2 unspecified atom stereocenters. The molecule has 0 bridgehead atoms. The van der Waals surface area contributed by atoms with E-state index in [1.54, 1.807) is 6.07 Å². The minimum Gasteiger partial charge on any atom is -0.465 e. The number of likely N-dealkylation sites (tertiary alicyclic amines) is 1. The number of methoxy groups -OCH3 is 1. The van der Waals surface area contributed by atoms with Gasteiger partial charge in [-0.15, -0.1) is 0 Å². The molecule has 1 spiro atoms. The van der Waals surface area contributed by atoms with Crippen molar-refractivity contribution < 1.29 is 23.8 Å². The van der Waals surface area contributed by atoms with Crippen molar-refractivity contribution in [2.24, 2.45) is 11.3 Å². The Balaban J connectivity index is 1.25. The number of fused-ring (bicyclic) bond motifs is 1. The molecule has 174 valence electrons. The fraction of sp³-hybridized carbons (Fsp3) is 0.667. The summed E-state index contributed by atoms with van der Waals surface area (Å²) in [6.07, 6.45) is 5.93. The van der Waals surface area contributed by atoms with Crippen LogP contribution in [0.5, 0.6) is 11.5 Å². The Bertz CT molecular complexity index is 960. The molecule has 3 heterocycles. The molecule has 0 aromatic heterocycles. The Hall–Kier alpha value is -1.99. The summed E-state index contributed by atoms with van der Waals surface area (Å²) in [5.74, 6) is 0.248. The van der Waals surface area contributed by atoms with Gasteiger partial charge >= 0.3 is 5.97 Å². The first-order chi connectivity index (χ1) is 15.2. The lowest BCUT2D eigenvalue weighted by Gasteiger charge is -2.40. The smallest absolute Gasteiger partial charge is 0.338 e. The number of nitrogens with one attached hydrogen (secondary N) is 1. The molecule has 2 atom stereocenters. The molecule has 3 fully saturated rings. The molecule has 8 heteroatoms. The van der Waals surface area contributed by atoms with E-state index in [1.165, 1.54) is 7.11 Å². The number of hydrogen-bond donors (Lipinski definition) is 1. The van der Waals surface area contributed by atoms with Gasteiger partial charge in [0.05, 0.1) is 17.7 Å².